The van der Waals surface area contributed by atoms with Crippen LogP contribution in [0.2, 0.25) is 0 Å². The van der Waals surface area contributed by atoms with Crippen molar-refractivity contribution in [2.24, 2.45) is 5.92 Å². The molecular weight excluding hydrogens is 645 g/mol. The quantitative estimate of drug-likeness (QED) is 0.0800. The van der Waals surface area contributed by atoms with Gasteiger partial charge in [-0.2, -0.15) is 25.3 Å². The first kappa shape index (κ1) is 37.3. The molecule has 250 valence electrons. The van der Waals surface area contributed by atoms with E-state index in [1.54, 1.807) is 38.2 Å². The minimum absolute atomic E-state index is 0.0505. The minimum Gasteiger partial charge on any atom is -0.385 e. The number of carbonyl (C=O) groups excluding carboxylic acids is 2. The van der Waals surface area contributed by atoms with Crippen molar-refractivity contribution in [3.8, 4) is 0 Å². The van der Waals surface area contributed by atoms with E-state index >= 15 is 0 Å². The Morgan fingerprint density at radius 2 is 1.83 bits per heavy atom. The van der Waals surface area contributed by atoms with Crippen molar-refractivity contribution in [3.63, 3.8) is 0 Å². The number of anilines is 2. The number of aryl methyl sites for hydroxylation is 1. The molecule has 2 aromatic carbocycles. The molecule has 1 amide bonds. The van der Waals surface area contributed by atoms with Crippen LogP contribution in [0, 0.1) is 12.8 Å². The number of aliphatic hydroxyl groups is 1. The average molecular weight is 689 g/mol. The van der Waals surface area contributed by atoms with Gasteiger partial charge in [0.2, 0.25) is 16.4 Å². The van der Waals surface area contributed by atoms with Crippen molar-refractivity contribution in [2.75, 3.05) is 31.3 Å². The van der Waals surface area contributed by atoms with E-state index in [1.165, 1.54) is 11.0 Å². The molecule has 0 spiro atoms. The van der Waals surface area contributed by atoms with Crippen molar-refractivity contribution in [1.82, 2.24) is 19.6 Å². The normalized spacial score (nSPS) is 13.8. The fourth-order valence-corrected chi connectivity index (χ4v) is 7.18. The lowest BCUT2D eigenvalue weighted by Gasteiger charge is -2.29. The van der Waals surface area contributed by atoms with Crippen LogP contribution in [0.5, 0.6) is 0 Å². The van der Waals surface area contributed by atoms with E-state index in [4.69, 9.17) is 5.73 Å². The van der Waals surface area contributed by atoms with E-state index < -0.39 is 21.9 Å². The van der Waals surface area contributed by atoms with Gasteiger partial charge >= 0.3 is 0 Å². The molecule has 3 rings (SSSR count). The molecule has 4 N–H and O–H groups in total. The first-order valence-corrected chi connectivity index (χ1v) is 17.5. The summed E-state index contributed by atoms with van der Waals surface area (Å²) >= 11 is 8.87. The van der Waals surface area contributed by atoms with Gasteiger partial charge < -0.3 is 20.6 Å². The number of nitrogens with one attached hydrogen (secondary N) is 1. The minimum atomic E-state index is -3.96. The second-order valence-corrected chi connectivity index (χ2v) is 14.7. The van der Waals surface area contributed by atoms with Crippen LogP contribution in [-0.4, -0.2) is 71.9 Å². The fraction of sp³-hybridized carbons (Fsp3) is 0.438. The van der Waals surface area contributed by atoms with E-state index in [2.05, 4.69) is 39.9 Å². The van der Waals surface area contributed by atoms with E-state index in [1.807, 2.05) is 38.1 Å². The highest BCUT2D eigenvalue weighted by Gasteiger charge is 2.27. The highest BCUT2D eigenvalue weighted by Crippen LogP contribution is 2.33. The van der Waals surface area contributed by atoms with Crippen LogP contribution in [0.25, 0.3) is 10.8 Å². The summed E-state index contributed by atoms with van der Waals surface area (Å²) in [6.45, 7) is 5.34. The number of ketones is 1. The summed E-state index contributed by atoms with van der Waals surface area (Å²) in [4.78, 5) is 37.2. The van der Waals surface area contributed by atoms with E-state index in [0.29, 0.717) is 47.3 Å². The van der Waals surface area contributed by atoms with Crippen LogP contribution in [0.3, 0.4) is 0 Å². The Labute approximate surface area is 282 Å². The number of Topliss-reactive ketones (excluding diaryl/α,β-unsaturated/α-hetero) is 1. The summed E-state index contributed by atoms with van der Waals surface area (Å²) in [5.41, 5.74) is 8.76. The second kappa shape index (κ2) is 16.6. The Balaban J connectivity index is 1.79. The largest absolute Gasteiger partial charge is 0.385 e. The predicted octanol–water partition coefficient (Wildman–Crippen LogP) is 4.11. The van der Waals surface area contributed by atoms with Crippen LogP contribution < -0.4 is 15.4 Å². The zero-order valence-electron chi connectivity index (χ0n) is 26.8. The number of allylic oxidation sites excluding steroid dienone is 1. The summed E-state index contributed by atoms with van der Waals surface area (Å²) in [6, 6.07) is 10.5. The molecule has 0 bridgehead atoms. The van der Waals surface area contributed by atoms with Gasteiger partial charge in [0.05, 0.1) is 11.4 Å². The molecule has 0 radical (unpaired) electrons. The first-order chi connectivity index (χ1) is 21.7. The zero-order valence-corrected chi connectivity index (χ0v) is 29.4. The highest BCUT2D eigenvalue weighted by molar-refractivity contribution is 7.99. The molecule has 46 heavy (non-hydrogen) atoms. The molecule has 0 saturated carbocycles. The smallest absolute Gasteiger partial charge is 0.241 e. The number of nitrogen functional groups attached to an aromatic ring is 1. The second-order valence-electron chi connectivity index (χ2n) is 11.3. The molecule has 0 aliphatic rings. The predicted molar refractivity (Wildman–Crippen MR) is 189 cm³/mol. The van der Waals surface area contributed by atoms with E-state index in [0.717, 1.165) is 11.1 Å². The van der Waals surface area contributed by atoms with Crippen molar-refractivity contribution >= 4 is 69.8 Å². The monoisotopic (exact) mass is 688 g/mol. The van der Waals surface area contributed by atoms with Crippen molar-refractivity contribution < 1.29 is 23.1 Å². The fourth-order valence-electron chi connectivity index (χ4n) is 5.42. The van der Waals surface area contributed by atoms with Gasteiger partial charge in [-0.05, 0) is 50.3 Å². The lowest BCUT2D eigenvalue weighted by molar-refractivity contribution is -0.126. The molecule has 3 aromatic rings. The number of benzene rings is 2. The number of amides is 1. The third-order valence-electron chi connectivity index (χ3n) is 7.94. The number of nitrogens with two attached hydrogens (primary N) is 1. The number of nitrogens with zero attached hydrogens (tertiary/aromatic N) is 4. The topological polar surface area (TPSA) is 159 Å². The Morgan fingerprint density at radius 3 is 2.43 bits per heavy atom. The van der Waals surface area contributed by atoms with Crippen molar-refractivity contribution in [2.45, 2.75) is 68.6 Å². The lowest BCUT2D eigenvalue weighted by atomic mass is 9.86. The van der Waals surface area contributed by atoms with Crippen molar-refractivity contribution in [3.05, 3.63) is 65.3 Å². The third kappa shape index (κ3) is 9.44. The van der Waals surface area contributed by atoms with Gasteiger partial charge in [0, 0.05) is 72.0 Å². The van der Waals surface area contributed by atoms with Gasteiger partial charge in [-0.3, -0.25) is 9.59 Å². The van der Waals surface area contributed by atoms with E-state index in [-0.39, 0.29) is 47.1 Å². The van der Waals surface area contributed by atoms with Crippen LogP contribution >= 0.6 is 25.3 Å². The van der Waals surface area contributed by atoms with Crippen LogP contribution in [0.15, 0.2) is 58.8 Å². The summed E-state index contributed by atoms with van der Waals surface area (Å²) < 4.78 is 28.8. The number of aromatic nitrogens is 2. The number of fused-ring (bicyclic) bond motifs is 1. The molecular formula is C32H44N6O5S3. The summed E-state index contributed by atoms with van der Waals surface area (Å²) in [5.74, 6) is 0.0862. The molecule has 1 aromatic heterocycles. The van der Waals surface area contributed by atoms with Gasteiger partial charge in [-0.15, -0.1) is 0 Å². The molecule has 0 saturated heterocycles. The highest BCUT2D eigenvalue weighted by atomic mass is 32.2. The lowest BCUT2D eigenvalue weighted by Crippen LogP contribution is -2.31. The van der Waals surface area contributed by atoms with Gasteiger partial charge in [0.15, 0.2) is 5.78 Å². The van der Waals surface area contributed by atoms with Gasteiger partial charge in [-0.25, -0.2) is 23.1 Å². The van der Waals surface area contributed by atoms with Crippen LogP contribution in [-0.2, 0) is 26.2 Å². The number of hydrogen-bond acceptors (Lipinski definition) is 11. The number of hydrogen-bond donors (Lipinski definition) is 5. The molecule has 1 heterocycles. The Morgan fingerprint density at radius 1 is 1.15 bits per heavy atom. The standard InChI is InChI=1S/C32H44N6O5S3/c1-6-22(15-31(44)45)26(20(2)38(19-39)18-23-17-34-21(3)36-32(23)33)16-29(41)28(40)13-14-35-46(42,43)30-12-8-9-24-25(30)10-7-11-27(24)37(4)5/h7-12,17,19,22,29,31,35,41,44-45H,6,13-16,18H2,1-5H3,(H2,33,34,36). The zero-order chi connectivity index (χ0) is 34.2. The van der Waals surface area contributed by atoms with Gasteiger partial charge in [0.1, 0.15) is 17.7 Å². The maximum absolute atomic E-state index is 13.3. The van der Waals surface area contributed by atoms with Crippen LogP contribution in [0.4, 0.5) is 11.5 Å². The number of carbonyl (C=O) groups is 2. The SMILES string of the molecule is CCC(CC(S)S)C(CC(O)C(=O)CCNS(=O)(=O)c1cccc2c(N(C)C)cccc12)=C(C)N(C=O)Cc1cnc(C)nc1N. The van der Waals surface area contributed by atoms with Crippen molar-refractivity contribution in [1.29, 1.82) is 0 Å². The molecule has 0 fully saturated rings. The number of thiol groups is 2. The molecule has 0 aliphatic heterocycles. The molecule has 14 heteroatoms. The average Bonchev–Trinajstić information content (AvgIpc) is 3.00. The summed E-state index contributed by atoms with van der Waals surface area (Å²) in [6.07, 6.45) is 1.70. The molecule has 2 atom stereocenters. The van der Waals surface area contributed by atoms with Crippen LogP contribution in [0.1, 0.15) is 50.9 Å². The maximum Gasteiger partial charge on any atom is 0.241 e. The number of sulfonamides is 1. The first-order valence-electron chi connectivity index (χ1n) is 14.9. The number of aliphatic hydroxyl groups excluding tert-OH is 1. The number of rotatable bonds is 17. The van der Waals surface area contributed by atoms with Gasteiger partial charge in [0.25, 0.3) is 0 Å². The van der Waals surface area contributed by atoms with E-state index in [9.17, 15) is 23.1 Å². The molecule has 11 nitrogen and oxygen atoms in total. The maximum atomic E-state index is 13.3. The third-order valence-corrected chi connectivity index (χ3v) is 9.88. The Kier molecular flexibility index (Phi) is 13.5. The Hall–Kier alpha value is -3.17. The summed E-state index contributed by atoms with van der Waals surface area (Å²) in [7, 11) is -0.192. The molecule has 0 aliphatic carbocycles. The Bertz CT molecular complexity index is 1680. The molecule has 2 unspecified atom stereocenters. The van der Waals surface area contributed by atoms with Gasteiger partial charge in [-0.1, -0.05) is 31.2 Å². The summed E-state index contributed by atoms with van der Waals surface area (Å²) in [5, 5.41) is 12.4.